The Hall–Kier alpha value is -2.60. The van der Waals surface area contributed by atoms with Crippen LogP contribution in [0.25, 0.3) is 0 Å². The summed E-state index contributed by atoms with van der Waals surface area (Å²) in [7, 11) is 1.57. The van der Waals surface area contributed by atoms with Gasteiger partial charge < -0.3 is 19.9 Å². The van der Waals surface area contributed by atoms with Crippen molar-refractivity contribution in [1.82, 2.24) is 5.32 Å². The van der Waals surface area contributed by atoms with Crippen molar-refractivity contribution in [2.45, 2.75) is 19.3 Å². The Bertz CT molecular complexity index is 892. The number of hydrogen-bond donors (Lipinski definition) is 2. The van der Waals surface area contributed by atoms with Gasteiger partial charge in [0.2, 0.25) is 0 Å². The molecule has 29 heavy (non-hydrogen) atoms. The van der Waals surface area contributed by atoms with Crippen molar-refractivity contribution >= 4 is 12.4 Å². The molecule has 0 heterocycles. The first kappa shape index (κ1) is 22.7. The summed E-state index contributed by atoms with van der Waals surface area (Å²) >= 11 is 0. The van der Waals surface area contributed by atoms with Gasteiger partial charge in [0, 0.05) is 18.7 Å². The average molecular weight is 418 g/mol. The number of methoxy groups -OCH3 is 1. The summed E-state index contributed by atoms with van der Waals surface area (Å²) in [6.07, 6.45) is -0.563. The van der Waals surface area contributed by atoms with Crippen molar-refractivity contribution in [3.8, 4) is 11.5 Å². The zero-order valence-corrected chi connectivity index (χ0v) is 17.0. The van der Waals surface area contributed by atoms with Crippen molar-refractivity contribution < 1.29 is 19.0 Å². The highest BCUT2D eigenvalue weighted by molar-refractivity contribution is 5.85. The summed E-state index contributed by atoms with van der Waals surface area (Å²) in [5.74, 6) is 0.845. The molecule has 0 amide bonds. The Morgan fingerprint density at radius 1 is 0.966 bits per heavy atom. The average Bonchev–Trinajstić information content (AvgIpc) is 2.74. The molecular weight excluding hydrogens is 393 g/mol. The molecule has 0 aliphatic carbocycles. The number of aliphatic hydroxyl groups is 1. The van der Waals surface area contributed by atoms with E-state index in [0.29, 0.717) is 30.2 Å². The maximum Gasteiger partial charge on any atom is 0.161 e. The van der Waals surface area contributed by atoms with E-state index in [1.54, 1.807) is 25.3 Å². The first-order valence-corrected chi connectivity index (χ1v) is 9.14. The smallest absolute Gasteiger partial charge is 0.161 e. The molecule has 3 aromatic rings. The van der Waals surface area contributed by atoms with Crippen LogP contribution < -0.4 is 14.8 Å². The van der Waals surface area contributed by atoms with Gasteiger partial charge in [-0.25, -0.2) is 4.39 Å². The summed E-state index contributed by atoms with van der Waals surface area (Å²) in [5.41, 5.74) is 2.37. The first-order valence-electron chi connectivity index (χ1n) is 9.14. The van der Waals surface area contributed by atoms with Crippen LogP contribution in [0.15, 0.2) is 72.8 Å². The van der Waals surface area contributed by atoms with Crippen LogP contribution in [0, 0.1) is 5.82 Å². The molecule has 0 aliphatic rings. The van der Waals surface area contributed by atoms with E-state index >= 15 is 0 Å². The number of halogens is 2. The molecule has 2 N–H and O–H groups in total. The van der Waals surface area contributed by atoms with E-state index in [0.717, 1.165) is 11.1 Å². The minimum Gasteiger partial charge on any atom is -0.493 e. The summed E-state index contributed by atoms with van der Waals surface area (Å²) < 4.78 is 24.9. The largest absolute Gasteiger partial charge is 0.493 e. The van der Waals surface area contributed by atoms with Gasteiger partial charge in [0.1, 0.15) is 12.4 Å². The summed E-state index contributed by atoms with van der Waals surface area (Å²) in [6.45, 7) is 1.15. The first-order chi connectivity index (χ1) is 13.7. The molecular formula is C23H25ClFNO3. The monoisotopic (exact) mass is 417 g/mol. The highest BCUT2D eigenvalue weighted by Gasteiger charge is 2.09. The van der Waals surface area contributed by atoms with Crippen molar-refractivity contribution in [2.75, 3.05) is 13.7 Å². The molecule has 6 heteroatoms. The Labute approximate surface area is 176 Å². The van der Waals surface area contributed by atoms with E-state index in [9.17, 15) is 9.50 Å². The summed E-state index contributed by atoms with van der Waals surface area (Å²) in [5, 5.41) is 13.4. The van der Waals surface area contributed by atoms with Crippen molar-refractivity contribution in [3.05, 3.63) is 95.3 Å². The number of hydrogen-bond acceptors (Lipinski definition) is 4. The van der Waals surface area contributed by atoms with Crippen LogP contribution in [0.3, 0.4) is 0 Å². The lowest BCUT2D eigenvalue weighted by Gasteiger charge is -2.14. The van der Waals surface area contributed by atoms with Gasteiger partial charge in [0.25, 0.3) is 0 Å². The normalized spacial score (nSPS) is 11.4. The molecule has 1 unspecified atom stereocenters. The SMILES string of the molecule is COc1cc(CNCC(O)c2ccccc2)ccc1OCc1ccccc1F.Cl. The third-order valence-corrected chi connectivity index (χ3v) is 4.42. The molecule has 0 saturated carbocycles. The zero-order valence-electron chi connectivity index (χ0n) is 16.2. The minimum atomic E-state index is -0.563. The van der Waals surface area contributed by atoms with E-state index in [4.69, 9.17) is 9.47 Å². The number of nitrogens with one attached hydrogen (secondary N) is 1. The third kappa shape index (κ3) is 6.46. The Morgan fingerprint density at radius 2 is 1.69 bits per heavy atom. The number of aliphatic hydroxyl groups excluding tert-OH is 1. The maximum atomic E-state index is 13.7. The fraction of sp³-hybridized carbons (Fsp3) is 0.217. The van der Waals surface area contributed by atoms with E-state index in [1.165, 1.54) is 6.07 Å². The van der Waals surface area contributed by atoms with Crippen molar-refractivity contribution in [2.24, 2.45) is 0 Å². The molecule has 0 aromatic heterocycles. The standard InChI is InChI=1S/C23H24FNO3.ClH/c1-27-23-13-17(14-25-15-21(26)18-7-3-2-4-8-18)11-12-22(23)28-16-19-9-5-6-10-20(19)24;/h2-13,21,25-26H,14-16H2,1H3;1H. The van der Waals surface area contributed by atoms with Gasteiger partial charge in [0.15, 0.2) is 11.5 Å². The van der Waals surface area contributed by atoms with Gasteiger partial charge in [-0.2, -0.15) is 0 Å². The molecule has 0 bridgehead atoms. The third-order valence-electron chi connectivity index (χ3n) is 4.42. The van der Waals surface area contributed by atoms with Gasteiger partial charge >= 0.3 is 0 Å². The maximum absolute atomic E-state index is 13.7. The highest BCUT2D eigenvalue weighted by atomic mass is 35.5. The molecule has 3 rings (SSSR count). The summed E-state index contributed by atoms with van der Waals surface area (Å²) in [6, 6.07) is 21.7. The molecule has 4 nitrogen and oxygen atoms in total. The van der Waals surface area contributed by atoms with Crippen LogP contribution in [0.5, 0.6) is 11.5 Å². The van der Waals surface area contributed by atoms with E-state index in [2.05, 4.69) is 5.32 Å². The summed E-state index contributed by atoms with van der Waals surface area (Å²) in [4.78, 5) is 0. The quantitative estimate of drug-likeness (QED) is 0.531. The number of benzene rings is 3. The van der Waals surface area contributed by atoms with Crippen molar-refractivity contribution in [1.29, 1.82) is 0 Å². The van der Waals surface area contributed by atoms with Crippen LogP contribution >= 0.6 is 12.4 Å². The van der Waals surface area contributed by atoms with Crippen LogP contribution in [0.4, 0.5) is 4.39 Å². The Morgan fingerprint density at radius 3 is 2.41 bits per heavy atom. The molecule has 3 aromatic carbocycles. The predicted molar refractivity (Wildman–Crippen MR) is 114 cm³/mol. The molecule has 0 spiro atoms. The lowest BCUT2D eigenvalue weighted by molar-refractivity contribution is 0.174. The highest BCUT2D eigenvalue weighted by Crippen LogP contribution is 2.29. The lowest BCUT2D eigenvalue weighted by atomic mass is 10.1. The second-order valence-corrected chi connectivity index (χ2v) is 6.42. The predicted octanol–water partition coefficient (Wildman–Crippen LogP) is 4.66. The molecule has 0 saturated heterocycles. The second kappa shape index (κ2) is 11.4. The van der Waals surface area contributed by atoms with Crippen LogP contribution in [0.2, 0.25) is 0 Å². The second-order valence-electron chi connectivity index (χ2n) is 6.42. The number of ether oxygens (including phenoxy) is 2. The Kier molecular flexibility index (Phi) is 8.93. The number of rotatable bonds is 9. The van der Waals surface area contributed by atoms with Gasteiger partial charge in [-0.1, -0.05) is 54.6 Å². The molecule has 0 radical (unpaired) electrons. The molecule has 154 valence electrons. The lowest BCUT2D eigenvalue weighted by Crippen LogP contribution is -2.21. The molecule has 0 fully saturated rings. The van der Waals surface area contributed by atoms with E-state index < -0.39 is 6.10 Å². The molecule has 0 aliphatic heterocycles. The van der Waals surface area contributed by atoms with E-state index in [1.807, 2.05) is 48.5 Å². The van der Waals surface area contributed by atoms with Crippen LogP contribution in [0.1, 0.15) is 22.8 Å². The van der Waals surface area contributed by atoms with Gasteiger partial charge in [0.05, 0.1) is 13.2 Å². The van der Waals surface area contributed by atoms with Crippen LogP contribution in [-0.4, -0.2) is 18.8 Å². The topological polar surface area (TPSA) is 50.7 Å². The van der Waals surface area contributed by atoms with E-state index in [-0.39, 0.29) is 24.8 Å². The van der Waals surface area contributed by atoms with Crippen LogP contribution in [-0.2, 0) is 13.2 Å². The van der Waals surface area contributed by atoms with Crippen molar-refractivity contribution in [3.63, 3.8) is 0 Å². The van der Waals surface area contributed by atoms with Gasteiger partial charge in [-0.3, -0.25) is 0 Å². The Balaban J connectivity index is 0.00000300. The fourth-order valence-corrected chi connectivity index (χ4v) is 2.86. The molecule has 1 atom stereocenters. The minimum absolute atomic E-state index is 0. The van der Waals surface area contributed by atoms with Gasteiger partial charge in [-0.15, -0.1) is 12.4 Å². The van der Waals surface area contributed by atoms with Gasteiger partial charge in [-0.05, 0) is 29.3 Å². The zero-order chi connectivity index (χ0) is 19.8. The fourth-order valence-electron chi connectivity index (χ4n) is 2.86.